The SMILES string of the molecule is CNCCCCN(C)CCc1ccccc1C. The van der Waals surface area contributed by atoms with Crippen molar-refractivity contribution in [2.75, 3.05) is 33.7 Å². The number of likely N-dealkylation sites (N-methyl/N-ethyl adjacent to an activating group) is 1. The van der Waals surface area contributed by atoms with E-state index in [0.717, 1.165) is 19.5 Å². The third-order valence-corrected chi connectivity index (χ3v) is 3.24. The van der Waals surface area contributed by atoms with E-state index in [-0.39, 0.29) is 0 Å². The van der Waals surface area contributed by atoms with Gasteiger partial charge in [-0.15, -0.1) is 0 Å². The smallest absolute Gasteiger partial charge is 0.00189 e. The summed E-state index contributed by atoms with van der Waals surface area (Å²) in [5.41, 5.74) is 2.89. The molecule has 1 rings (SSSR count). The van der Waals surface area contributed by atoms with Crippen LogP contribution in [0.4, 0.5) is 0 Å². The minimum Gasteiger partial charge on any atom is -0.320 e. The molecule has 0 saturated heterocycles. The molecule has 0 heterocycles. The number of benzene rings is 1. The van der Waals surface area contributed by atoms with Crippen molar-refractivity contribution in [3.05, 3.63) is 35.4 Å². The summed E-state index contributed by atoms with van der Waals surface area (Å²) in [4.78, 5) is 2.43. The first-order chi connectivity index (χ1) is 8.24. The van der Waals surface area contributed by atoms with Crippen molar-refractivity contribution in [3.8, 4) is 0 Å². The summed E-state index contributed by atoms with van der Waals surface area (Å²) in [7, 11) is 4.24. The molecule has 0 spiro atoms. The van der Waals surface area contributed by atoms with Crippen molar-refractivity contribution in [1.82, 2.24) is 10.2 Å². The Morgan fingerprint density at radius 1 is 1.12 bits per heavy atom. The van der Waals surface area contributed by atoms with Crippen LogP contribution in [0.3, 0.4) is 0 Å². The highest BCUT2D eigenvalue weighted by atomic mass is 15.1. The van der Waals surface area contributed by atoms with Gasteiger partial charge in [-0.1, -0.05) is 24.3 Å². The average Bonchev–Trinajstić information content (AvgIpc) is 2.34. The fourth-order valence-corrected chi connectivity index (χ4v) is 2.00. The van der Waals surface area contributed by atoms with Gasteiger partial charge in [0.15, 0.2) is 0 Å². The Kier molecular flexibility index (Phi) is 6.90. The first-order valence-electron chi connectivity index (χ1n) is 6.61. The van der Waals surface area contributed by atoms with Crippen LogP contribution in [-0.2, 0) is 6.42 Å². The molecule has 0 aromatic heterocycles. The van der Waals surface area contributed by atoms with Gasteiger partial charge in [-0.3, -0.25) is 0 Å². The quantitative estimate of drug-likeness (QED) is 0.695. The van der Waals surface area contributed by atoms with E-state index in [1.54, 1.807) is 0 Å². The van der Waals surface area contributed by atoms with E-state index in [9.17, 15) is 0 Å². The van der Waals surface area contributed by atoms with Crippen LogP contribution in [0, 0.1) is 6.92 Å². The normalized spacial score (nSPS) is 11.1. The molecule has 0 aliphatic heterocycles. The van der Waals surface area contributed by atoms with Crippen LogP contribution in [0.5, 0.6) is 0 Å². The molecule has 0 bridgehead atoms. The third kappa shape index (κ3) is 5.85. The summed E-state index contributed by atoms with van der Waals surface area (Å²) < 4.78 is 0. The summed E-state index contributed by atoms with van der Waals surface area (Å²) >= 11 is 0. The molecule has 0 unspecified atom stereocenters. The number of nitrogens with zero attached hydrogens (tertiary/aromatic N) is 1. The van der Waals surface area contributed by atoms with E-state index in [1.165, 1.54) is 30.5 Å². The van der Waals surface area contributed by atoms with Gasteiger partial charge in [-0.05, 0) is 64.5 Å². The second kappa shape index (κ2) is 8.26. The summed E-state index contributed by atoms with van der Waals surface area (Å²) in [6.07, 6.45) is 3.71. The molecule has 0 saturated carbocycles. The van der Waals surface area contributed by atoms with E-state index >= 15 is 0 Å². The molecule has 1 aromatic carbocycles. The van der Waals surface area contributed by atoms with Gasteiger partial charge < -0.3 is 10.2 Å². The van der Waals surface area contributed by atoms with E-state index in [1.807, 2.05) is 7.05 Å². The molecule has 0 fully saturated rings. The maximum absolute atomic E-state index is 3.19. The molecule has 1 N–H and O–H groups in total. The second-order valence-corrected chi connectivity index (χ2v) is 4.79. The van der Waals surface area contributed by atoms with Crippen LogP contribution in [0.15, 0.2) is 24.3 Å². The van der Waals surface area contributed by atoms with Gasteiger partial charge in [0.2, 0.25) is 0 Å². The maximum atomic E-state index is 3.19. The van der Waals surface area contributed by atoms with Crippen LogP contribution in [0.1, 0.15) is 24.0 Å². The minimum absolute atomic E-state index is 1.13. The summed E-state index contributed by atoms with van der Waals surface area (Å²) in [6.45, 7) is 5.69. The highest BCUT2D eigenvalue weighted by molar-refractivity contribution is 5.25. The number of unbranched alkanes of at least 4 members (excludes halogenated alkanes) is 1. The predicted octanol–water partition coefficient (Wildman–Crippen LogP) is 2.47. The van der Waals surface area contributed by atoms with Gasteiger partial charge in [0.05, 0.1) is 0 Å². The lowest BCUT2D eigenvalue weighted by Gasteiger charge is -2.17. The van der Waals surface area contributed by atoms with Crippen molar-refractivity contribution in [1.29, 1.82) is 0 Å². The fourth-order valence-electron chi connectivity index (χ4n) is 2.00. The first-order valence-corrected chi connectivity index (χ1v) is 6.61. The van der Waals surface area contributed by atoms with Crippen LogP contribution < -0.4 is 5.32 Å². The zero-order valence-corrected chi connectivity index (χ0v) is 11.5. The molecule has 0 aliphatic rings. The number of hydrogen-bond donors (Lipinski definition) is 1. The van der Waals surface area contributed by atoms with E-state index in [0.29, 0.717) is 0 Å². The minimum atomic E-state index is 1.13. The predicted molar refractivity (Wildman–Crippen MR) is 75.5 cm³/mol. The first kappa shape index (κ1) is 14.2. The van der Waals surface area contributed by atoms with Gasteiger partial charge >= 0.3 is 0 Å². The zero-order chi connectivity index (χ0) is 12.5. The second-order valence-electron chi connectivity index (χ2n) is 4.79. The van der Waals surface area contributed by atoms with Crippen molar-refractivity contribution >= 4 is 0 Å². The molecule has 0 amide bonds. The Hall–Kier alpha value is -0.860. The van der Waals surface area contributed by atoms with Gasteiger partial charge in [0.25, 0.3) is 0 Å². The molecule has 0 atom stereocenters. The molecular weight excluding hydrogens is 208 g/mol. The van der Waals surface area contributed by atoms with Crippen molar-refractivity contribution in [3.63, 3.8) is 0 Å². The molecule has 0 radical (unpaired) electrons. The standard InChI is InChI=1S/C15H26N2/c1-14-8-4-5-9-15(14)10-13-17(3)12-7-6-11-16-2/h4-5,8-9,16H,6-7,10-13H2,1-3H3. The van der Waals surface area contributed by atoms with E-state index in [4.69, 9.17) is 0 Å². The maximum Gasteiger partial charge on any atom is 0.00189 e. The van der Waals surface area contributed by atoms with Crippen LogP contribution >= 0.6 is 0 Å². The molecule has 0 aliphatic carbocycles. The molecule has 1 aromatic rings. The fraction of sp³-hybridized carbons (Fsp3) is 0.600. The Labute approximate surface area is 106 Å². The van der Waals surface area contributed by atoms with Gasteiger partial charge in [-0.2, -0.15) is 0 Å². The van der Waals surface area contributed by atoms with Crippen LogP contribution in [0.25, 0.3) is 0 Å². The van der Waals surface area contributed by atoms with Crippen molar-refractivity contribution in [2.45, 2.75) is 26.2 Å². The Morgan fingerprint density at radius 3 is 2.59 bits per heavy atom. The summed E-state index contributed by atoms with van der Waals surface area (Å²) in [5, 5.41) is 3.19. The summed E-state index contributed by atoms with van der Waals surface area (Å²) in [5.74, 6) is 0. The third-order valence-electron chi connectivity index (χ3n) is 3.24. The number of aryl methyl sites for hydroxylation is 1. The average molecular weight is 234 g/mol. The highest BCUT2D eigenvalue weighted by Crippen LogP contribution is 2.08. The van der Waals surface area contributed by atoms with E-state index in [2.05, 4.69) is 48.5 Å². The topological polar surface area (TPSA) is 15.3 Å². The molecule has 2 nitrogen and oxygen atoms in total. The van der Waals surface area contributed by atoms with Gasteiger partial charge in [0, 0.05) is 6.54 Å². The number of rotatable bonds is 8. The Bertz CT molecular complexity index is 310. The highest BCUT2D eigenvalue weighted by Gasteiger charge is 2.01. The van der Waals surface area contributed by atoms with Crippen LogP contribution in [0.2, 0.25) is 0 Å². The van der Waals surface area contributed by atoms with Gasteiger partial charge in [0.1, 0.15) is 0 Å². The number of nitrogens with one attached hydrogen (secondary N) is 1. The summed E-state index contributed by atoms with van der Waals surface area (Å²) in [6, 6.07) is 8.68. The lowest BCUT2D eigenvalue weighted by Crippen LogP contribution is -2.23. The lowest BCUT2D eigenvalue weighted by atomic mass is 10.1. The number of hydrogen-bond acceptors (Lipinski definition) is 2. The van der Waals surface area contributed by atoms with Crippen molar-refractivity contribution in [2.24, 2.45) is 0 Å². The van der Waals surface area contributed by atoms with E-state index < -0.39 is 0 Å². The van der Waals surface area contributed by atoms with Crippen molar-refractivity contribution < 1.29 is 0 Å². The largest absolute Gasteiger partial charge is 0.320 e. The zero-order valence-electron chi connectivity index (χ0n) is 11.5. The molecular formula is C15H26N2. The molecule has 2 heteroatoms. The Morgan fingerprint density at radius 2 is 1.88 bits per heavy atom. The molecule has 96 valence electrons. The molecule has 17 heavy (non-hydrogen) atoms. The van der Waals surface area contributed by atoms with Gasteiger partial charge in [-0.25, -0.2) is 0 Å². The lowest BCUT2D eigenvalue weighted by molar-refractivity contribution is 0.329. The Balaban J connectivity index is 2.19. The van der Waals surface area contributed by atoms with Crippen LogP contribution in [-0.4, -0.2) is 38.6 Å². The monoisotopic (exact) mass is 234 g/mol.